The maximum Gasteiger partial charge on any atom is 0.306 e. The van der Waals surface area contributed by atoms with Crippen LogP contribution in [0.1, 0.15) is 19.8 Å². The van der Waals surface area contributed by atoms with Gasteiger partial charge >= 0.3 is 5.97 Å². The van der Waals surface area contributed by atoms with Gasteiger partial charge in [0.15, 0.2) is 0 Å². The van der Waals surface area contributed by atoms with Crippen molar-refractivity contribution >= 4 is 11.8 Å². The molecule has 0 saturated heterocycles. The Hall–Kier alpha value is -0.980. The summed E-state index contributed by atoms with van der Waals surface area (Å²) in [6.07, 6.45) is -0.331. The zero-order valence-corrected chi connectivity index (χ0v) is 11.3. The molecule has 0 heterocycles. The highest BCUT2D eigenvalue weighted by molar-refractivity contribution is 5.84. The molecule has 0 aromatic rings. The largest absolute Gasteiger partial charge is 0.466 e. The van der Waals surface area contributed by atoms with Crippen LogP contribution in [0.3, 0.4) is 0 Å². The van der Waals surface area contributed by atoms with E-state index in [1.165, 1.54) is 7.11 Å². The van der Waals surface area contributed by atoms with Gasteiger partial charge in [-0.3, -0.25) is 14.5 Å². The third-order valence-corrected chi connectivity index (χ3v) is 2.24. The Morgan fingerprint density at radius 1 is 1.33 bits per heavy atom. The van der Waals surface area contributed by atoms with Crippen molar-refractivity contribution in [2.24, 2.45) is 0 Å². The van der Waals surface area contributed by atoms with Gasteiger partial charge in [-0.05, 0) is 14.0 Å². The van der Waals surface area contributed by atoms with E-state index < -0.39 is 6.10 Å². The second-order valence-electron chi connectivity index (χ2n) is 4.15. The molecule has 0 radical (unpaired) electrons. The molecule has 0 spiro atoms. The van der Waals surface area contributed by atoms with E-state index in [0.29, 0.717) is 13.2 Å². The Balaban J connectivity index is 3.76. The number of Topliss-reactive ketones (excluding diaryl/α,β-unsaturated/α-hetero) is 1. The number of nitrogens with zero attached hydrogens (tertiary/aromatic N) is 1. The van der Waals surface area contributed by atoms with Crippen molar-refractivity contribution in [3.63, 3.8) is 0 Å². The predicted molar refractivity (Wildman–Crippen MR) is 66.3 cm³/mol. The van der Waals surface area contributed by atoms with Gasteiger partial charge < -0.3 is 14.6 Å². The zero-order chi connectivity index (χ0) is 14.0. The van der Waals surface area contributed by atoms with E-state index in [1.54, 1.807) is 18.9 Å². The quantitative estimate of drug-likeness (QED) is 0.551. The molecule has 0 fully saturated rings. The minimum Gasteiger partial charge on any atom is -0.466 e. The predicted octanol–water partition coefficient (Wildman–Crippen LogP) is -0.162. The smallest absolute Gasteiger partial charge is 0.306 e. The molecule has 0 aliphatic rings. The van der Waals surface area contributed by atoms with Gasteiger partial charge in [0.25, 0.3) is 0 Å². The Morgan fingerprint density at radius 2 is 2.00 bits per heavy atom. The number of aliphatic hydroxyl groups is 1. The molecular weight excluding hydrogens is 238 g/mol. The number of carbonyl (C=O) groups is 2. The van der Waals surface area contributed by atoms with E-state index in [4.69, 9.17) is 9.47 Å². The lowest BCUT2D eigenvalue weighted by Crippen LogP contribution is -2.35. The van der Waals surface area contributed by atoms with Crippen LogP contribution in [0.25, 0.3) is 0 Å². The first-order chi connectivity index (χ1) is 8.49. The summed E-state index contributed by atoms with van der Waals surface area (Å²) in [5, 5.41) is 9.47. The highest BCUT2D eigenvalue weighted by Crippen LogP contribution is 1.97. The lowest BCUT2D eigenvalue weighted by Gasteiger charge is -2.19. The van der Waals surface area contributed by atoms with Gasteiger partial charge in [0.1, 0.15) is 5.78 Å². The van der Waals surface area contributed by atoms with Crippen LogP contribution in [0.5, 0.6) is 0 Å². The molecule has 0 aromatic carbocycles. The van der Waals surface area contributed by atoms with Gasteiger partial charge in [-0.2, -0.15) is 0 Å². The summed E-state index contributed by atoms with van der Waals surface area (Å²) in [4.78, 5) is 24.3. The highest BCUT2D eigenvalue weighted by atomic mass is 16.5. The Bertz CT molecular complexity index is 257. The summed E-state index contributed by atoms with van der Waals surface area (Å²) in [5.41, 5.74) is 0. The molecule has 18 heavy (non-hydrogen) atoms. The Morgan fingerprint density at radius 3 is 2.56 bits per heavy atom. The van der Waals surface area contributed by atoms with Crippen LogP contribution < -0.4 is 0 Å². The molecule has 1 N–H and O–H groups in total. The number of esters is 1. The van der Waals surface area contributed by atoms with E-state index in [2.05, 4.69) is 0 Å². The van der Waals surface area contributed by atoms with Crippen LogP contribution in [0, 0.1) is 0 Å². The van der Waals surface area contributed by atoms with E-state index in [0.717, 1.165) is 0 Å². The molecule has 6 heteroatoms. The first kappa shape index (κ1) is 17.0. The van der Waals surface area contributed by atoms with Crippen molar-refractivity contribution in [3.8, 4) is 0 Å². The molecule has 0 saturated carbocycles. The molecule has 0 rings (SSSR count). The molecule has 106 valence electrons. The van der Waals surface area contributed by atoms with Crippen molar-refractivity contribution in [2.75, 3.05) is 40.5 Å². The molecule has 1 atom stereocenters. The maximum atomic E-state index is 11.5. The van der Waals surface area contributed by atoms with Crippen molar-refractivity contribution in [1.29, 1.82) is 0 Å². The van der Waals surface area contributed by atoms with Gasteiger partial charge in [-0.1, -0.05) is 0 Å². The molecule has 6 nitrogen and oxygen atoms in total. The Labute approximate surface area is 108 Å². The summed E-state index contributed by atoms with van der Waals surface area (Å²) in [6.45, 7) is 2.86. The fourth-order valence-corrected chi connectivity index (χ4v) is 1.52. The van der Waals surface area contributed by atoms with Crippen LogP contribution >= 0.6 is 0 Å². The van der Waals surface area contributed by atoms with E-state index >= 15 is 0 Å². The number of ether oxygens (including phenoxy) is 2. The van der Waals surface area contributed by atoms with E-state index in [1.807, 2.05) is 0 Å². The van der Waals surface area contributed by atoms with Crippen molar-refractivity contribution in [2.45, 2.75) is 25.9 Å². The minimum atomic E-state index is -0.613. The second kappa shape index (κ2) is 9.99. The molecule has 0 aromatic heterocycles. The summed E-state index contributed by atoms with van der Waals surface area (Å²) in [5.74, 6) is -0.400. The fourth-order valence-electron chi connectivity index (χ4n) is 1.52. The average Bonchev–Trinajstić information content (AvgIpc) is 2.26. The number of hydrogen-bond donors (Lipinski definition) is 1. The van der Waals surface area contributed by atoms with Crippen LogP contribution in [0.15, 0.2) is 0 Å². The number of hydrogen-bond acceptors (Lipinski definition) is 6. The summed E-state index contributed by atoms with van der Waals surface area (Å²) < 4.78 is 9.53. The highest BCUT2D eigenvalue weighted by Gasteiger charge is 2.13. The molecular formula is C12H23NO5. The summed E-state index contributed by atoms with van der Waals surface area (Å²) in [7, 11) is 3.24. The van der Waals surface area contributed by atoms with Crippen LogP contribution in [0.2, 0.25) is 0 Å². The number of aliphatic hydroxyl groups excluding tert-OH is 1. The topological polar surface area (TPSA) is 76.1 Å². The van der Waals surface area contributed by atoms with Crippen LogP contribution in [-0.2, 0) is 19.1 Å². The van der Waals surface area contributed by atoms with Gasteiger partial charge in [0.05, 0.1) is 32.3 Å². The second-order valence-corrected chi connectivity index (χ2v) is 4.15. The van der Waals surface area contributed by atoms with E-state index in [-0.39, 0.29) is 37.7 Å². The molecule has 0 bridgehead atoms. The van der Waals surface area contributed by atoms with Gasteiger partial charge in [0, 0.05) is 20.1 Å². The van der Waals surface area contributed by atoms with E-state index in [9.17, 15) is 14.7 Å². The molecule has 0 amide bonds. The zero-order valence-electron chi connectivity index (χ0n) is 11.3. The maximum absolute atomic E-state index is 11.5. The fraction of sp³-hybridized carbons (Fsp3) is 0.833. The number of ketones is 1. The number of rotatable bonds is 10. The first-order valence-electron chi connectivity index (χ1n) is 6.02. The summed E-state index contributed by atoms with van der Waals surface area (Å²) >= 11 is 0. The van der Waals surface area contributed by atoms with Crippen LogP contribution in [0.4, 0.5) is 0 Å². The lowest BCUT2D eigenvalue weighted by atomic mass is 10.2. The Kier molecular flexibility index (Phi) is 9.45. The van der Waals surface area contributed by atoms with Crippen molar-refractivity contribution in [1.82, 2.24) is 4.90 Å². The first-order valence-corrected chi connectivity index (χ1v) is 6.02. The lowest BCUT2D eigenvalue weighted by molar-refractivity contribution is -0.144. The molecule has 0 aliphatic carbocycles. The normalized spacial score (nSPS) is 12.5. The van der Waals surface area contributed by atoms with Gasteiger partial charge in [-0.15, -0.1) is 0 Å². The SMILES string of the molecule is CCOC(=O)CCC(=O)CN(C)CC(O)COC. The average molecular weight is 261 g/mol. The van der Waals surface area contributed by atoms with Gasteiger partial charge in [0.2, 0.25) is 0 Å². The van der Waals surface area contributed by atoms with Crippen molar-refractivity contribution < 1.29 is 24.2 Å². The minimum absolute atomic E-state index is 0.0461. The van der Waals surface area contributed by atoms with Gasteiger partial charge in [-0.25, -0.2) is 0 Å². The summed E-state index contributed by atoms with van der Waals surface area (Å²) in [6, 6.07) is 0. The molecule has 1 unspecified atom stereocenters. The third kappa shape index (κ3) is 9.09. The molecule has 0 aliphatic heterocycles. The number of methoxy groups -OCH3 is 1. The number of carbonyl (C=O) groups excluding carboxylic acids is 2. The standard InChI is InChI=1S/C12H23NO5/c1-4-18-12(16)6-5-10(14)7-13(2)8-11(15)9-17-3/h11,15H,4-9H2,1-3H3. The van der Waals surface area contributed by atoms with Crippen LogP contribution in [-0.4, -0.2) is 68.3 Å². The van der Waals surface area contributed by atoms with Crippen molar-refractivity contribution in [3.05, 3.63) is 0 Å². The third-order valence-electron chi connectivity index (χ3n) is 2.24. The number of likely N-dealkylation sites (N-methyl/N-ethyl adjacent to an activating group) is 1. The monoisotopic (exact) mass is 261 g/mol.